The van der Waals surface area contributed by atoms with E-state index in [1.807, 2.05) is 60.7 Å². The first-order valence-corrected chi connectivity index (χ1v) is 11.8. The molecular weight excluding hydrogens is 335 g/mol. The zero-order valence-corrected chi connectivity index (χ0v) is 20.8. The average molecular weight is 351 g/mol. The molecule has 2 atom stereocenters. The molecule has 0 N–H and O–H groups in total. The molecule has 0 amide bonds. The first-order valence-electron chi connectivity index (χ1n) is 5.98. The predicted octanol–water partition coefficient (Wildman–Crippen LogP) is -6.24. The molecule has 20 heavy (non-hydrogen) atoms. The van der Waals surface area contributed by atoms with E-state index in [2.05, 4.69) is 0 Å². The monoisotopic (exact) mass is 350 g/mol. The molecule has 0 aliphatic carbocycles. The first kappa shape index (κ1) is 22.1. The Balaban J connectivity index is 0.00000180. The summed E-state index contributed by atoms with van der Waals surface area (Å²) in [6.45, 7) is 3.32. The van der Waals surface area contributed by atoms with Gasteiger partial charge in [0.15, 0.2) is 0 Å². The Morgan fingerprint density at radius 1 is 0.600 bits per heavy atom. The van der Waals surface area contributed by atoms with Crippen molar-refractivity contribution in [3.8, 4) is 0 Å². The second-order valence-corrected chi connectivity index (χ2v) is 15.8. The van der Waals surface area contributed by atoms with E-state index in [-0.39, 0.29) is 103 Å². The van der Waals surface area contributed by atoms with E-state index in [1.165, 1.54) is 0 Å². The van der Waals surface area contributed by atoms with Gasteiger partial charge in [-0.05, 0) is 15.7 Å². The van der Waals surface area contributed by atoms with Crippen LogP contribution in [0.5, 0.6) is 0 Å². The Morgan fingerprint density at radius 3 is 1.10 bits per heavy atom. The predicted molar refractivity (Wildman–Crippen MR) is 75.4 cm³/mol. The topological polar surface area (TPSA) is 46.1 Å². The van der Waals surface area contributed by atoms with Gasteiger partial charge >= 0.3 is 103 Å². The molecule has 2 aromatic rings. The van der Waals surface area contributed by atoms with E-state index < -0.39 is 15.7 Å². The van der Waals surface area contributed by atoms with Gasteiger partial charge < -0.3 is 9.59 Å². The quantitative estimate of drug-likeness (QED) is 0.517. The summed E-state index contributed by atoms with van der Waals surface area (Å²) in [6.07, 6.45) is 0. The molecule has 0 radical (unpaired) electrons. The molecule has 0 heterocycles. The van der Waals surface area contributed by atoms with Gasteiger partial charge in [0.25, 0.3) is 0 Å². The molecule has 0 aliphatic heterocycles. The smallest absolute Gasteiger partial charge is 0.857 e. The van der Waals surface area contributed by atoms with E-state index in [1.54, 1.807) is 13.1 Å². The molecule has 0 aliphatic rings. The molecule has 2 unspecified atom stereocenters. The molecular formula is C14H16K2O2Si2. The third-order valence-corrected chi connectivity index (χ3v) is 15.4. The minimum atomic E-state index is -3.21. The van der Waals surface area contributed by atoms with Crippen molar-refractivity contribution in [1.82, 2.24) is 0 Å². The molecule has 94 valence electrons. The van der Waals surface area contributed by atoms with Crippen LogP contribution in [0.4, 0.5) is 0 Å². The Kier molecular flexibility index (Phi) is 10.4. The number of rotatable bonds is 3. The van der Waals surface area contributed by atoms with Crippen LogP contribution in [-0.4, -0.2) is 15.7 Å². The normalized spacial score (nSPS) is 16.0. The van der Waals surface area contributed by atoms with Gasteiger partial charge in [0.2, 0.25) is 0 Å². The van der Waals surface area contributed by atoms with Gasteiger partial charge in [-0.2, -0.15) is 0 Å². The summed E-state index contributed by atoms with van der Waals surface area (Å²) in [5.74, 6) is 0. The maximum absolute atomic E-state index is 13.0. The third kappa shape index (κ3) is 4.78. The van der Waals surface area contributed by atoms with Crippen molar-refractivity contribution >= 4 is 26.0 Å². The summed E-state index contributed by atoms with van der Waals surface area (Å²) >= 11 is 0. The summed E-state index contributed by atoms with van der Waals surface area (Å²) in [6, 6.07) is 18.4. The Hall–Kier alpha value is 2.07. The molecule has 2 nitrogen and oxygen atoms in total. The van der Waals surface area contributed by atoms with Crippen molar-refractivity contribution in [1.29, 1.82) is 0 Å². The molecule has 0 saturated carbocycles. The number of benzene rings is 2. The van der Waals surface area contributed by atoms with E-state index in [0.717, 1.165) is 10.4 Å². The maximum Gasteiger partial charge on any atom is 1.00 e. The van der Waals surface area contributed by atoms with Crippen LogP contribution in [0.3, 0.4) is 0 Å². The molecule has 0 spiro atoms. The van der Waals surface area contributed by atoms with Crippen LogP contribution in [0.2, 0.25) is 13.1 Å². The molecule has 0 aromatic heterocycles. The summed E-state index contributed by atoms with van der Waals surface area (Å²) < 4.78 is 0. The molecule has 2 rings (SSSR count). The maximum atomic E-state index is 13.0. The van der Waals surface area contributed by atoms with Crippen molar-refractivity contribution in [3.05, 3.63) is 60.7 Å². The fourth-order valence-corrected chi connectivity index (χ4v) is 9.13. The summed E-state index contributed by atoms with van der Waals surface area (Å²) in [5, 5.41) is 1.44. The first-order chi connectivity index (χ1) is 8.46. The Bertz CT molecular complexity index is 470. The fourth-order valence-electron chi connectivity index (χ4n) is 2.06. The largest absolute Gasteiger partial charge is 1.00 e. The Morgan fingerprint density at radius 2 is 0.850 bits per heavy atom. The van der Waals surface area contributed by atoms with Crippen LogP contribution in [-0.2, 0) is 0 Å². The van der Waals surface area contributed by atoms with E-state index in [0.29, 0.717) is 0 Å². The van der Waals surface area contributed by atoms with Crippen LogP contribution in [0.15, 0.2) is 60.7 Å². The zero-order chi connectivity index (χ0) is 13.2. The summed E-state index contributed by atoms with van der Waals surface area (Å²) in [7, 11) is -6.43. The van der Waals surface area contributed by atoms with Gasteiger partial charge in [0, 0.05) is 0 Å². The van der Waals surface area contributed by atoms with Crippen molar-refractivity contribution in [2.75, 3.05) is 0 Å². The van der Waals surface area contributed by atoms with Crippen LogP contribution in [0, 0.1) is 0 Å². The summed E-state index contributed by atoms with van der Waals surface area (Å²) in [4.78, 5) is 26.0. The summed E-state index contributed by atoms with van der Waals surface area (Å²) in [5.41, 5.74) is 0. The SMILES string of the molecule is C[Si]([O-])(c1ccccc1)[Si](C)([O-])c1ccccc1.[K+].[K+]. The van der Waals surface area contributed by atoms with E-state index in [9.17, 15) is 9.59 Å². The minimum Gasteiger partial charge on any atom is -0.857 e. The van der Waals surface area contributed by atoms with E-state index >= 15 is 0 Å². The number of hydrogen-bond acceptors (Lipinski definition) is 2. The Labute approximate surface area is 207 Å². The second kappa shape index (κ2) is 9.38. The van der Waals surface area contributed by atoms with Gasteiger partial charge in [-0.15, -0.1) is 0 Å². The fraction of sp³-hybridized carbons (Fsp3) is 0.143. The second-order valence-electron chi connectivity index (χ2n) is 4.80. The standard InChI is InChI=1S/C14H16O2Si2.2K/c1-17(15,13-9-5-3-6-10-13)18(2,16)14-11-7-4-8-12-14;;/h3-12H,1-2H3;;/q-2;2*+1. The molecule has 2 aromatic carbocycles. The molecule has 0 fully saturated rings. The van der Waals surface area contributed by atoms with E-state index in [4.69, 9.17) is 0 Å². The molecule has 0 saturated heterocycles. The molecule has 6 heteroatoms. The van der Waals surface area contributed by atoms with Gasteiger partial charge in [-0.25, -0.2) is 0 Å². The van der Waals surface area contributed by atoms with Gasteiger partial charge in [-0.3, -0.25) is 0 Å². The minimum absolute atomic E-state index is 0. The van der Waals surface area contributed by atoms with Crippen LogP contribution < -0.4 is 123 Å². The average Bonchev–Trinajstić information content (AvgIpc) is 2.40. The van der Waals surface area contributed by atoms with Gasteiger partial charge in [0.1, 0.15) is 0 Å². The van der Waals surface area contributed by atoms with Crippen molar-refractivity contribution in [2.24, 2.45) is 0 Å². The molecule has 0 bridgehead atoms. The number of hydrogen-bond donors (Lipinski definition) is 0. The van der Waals surface area contributed by atoms with Crippen molar-refractivity contribution in [2.45, 2.75) is 13.1 Å². The van der Waals surface area contributed by atoms with Gasteiger partial charge in [-0.1, -0.05) is 84.1 Å². The third-order valence-electron chi connectivity index (χ3n) is 3.56. The van der Waals surface area contributed by atoms with Crippen LogP contribution in [0.25, 0.3) is 0 Å². The van der Waals surface area contributed by atoms with Crippen LogP contribution in [0.1, 0.15) is 0 Å². The van der Waals surface area contributed by atoms with Gasteiger partial charge in [0.05, 0.1) is 0 Å². The zero-order valence-electron chi connectivity index (χ0n) is 12.6. The van der Waals surface area contributed by atoms with Crippen molar-refractivity contribution in [3.63, 3.8) is 0 Å². The van der Waals surface area contributed by atoms with Crippen molar-refractivity contribution < 1.29 is 112 Å². The van der Waals surface area contributed by atoms with Crippen LogP contribution >= 0.6 is 0 Å².